The second-order valence-electron chi connectivity index (χ2n) is 6.06. The molecule has 0 aliphatic carbocycles. The third-order valence-electron chi connectivity index (χ3n) is 4.06. The molecule has 0 fully saturated rings. The number of rotatable bonds is 6. The molecule has 3 aromatic rings. The smallest absolute Gasteiger partial charge is 0.371 e. The Labute approximate surface area is 156 Å². The molecule has 3 rings (SSSR count). The highest BCUT2D eigenvalue weighted by Gasteiger charge is 2.16. The van der Waals surface area contributed by atoms with Gasteiger partial charge in [-0.3, -0.25) is 4.79 Å². The van der Waals surface area contributed by atoms with Gasteiger partial charge in [-0.15, -0.1) is 0 Å². The van der Waals surface area contributed by atoms with E-state index in [1.807, 2.05) is 31.2 Å². The van der Waals surface area contributed by atoms with Gasteiger partial charge in [-0.1, -0.05) is 18.2 Å². The first-order chi connectivity index (χ1) is 12.9. The van der Waals surface area contributed by atoms with E-state index in [4.69, 9.17) is 14.3 Å². The number of carbonyl (C=O) groups excluding carboxylic acids is 1. The van der Waals surface area contributed by atoms with E-state index in [1.54, 1.807) is 37.3 Å². The Morgan fingerprint density at radius 1 is 1.04 bits per heavy atom. The van der Waals surface area contributed by atoms with Gasteiger partial charge in [-0.2, -0.15) is 0 Å². The molecule has 0 aliphatic heterocycles. The van der Waals surface area contributed by atoms with E-state index in [0.717, 1.165) is 11.3 Å². The normalized spacial score (nSPS) is 11.6. The van der Waals surface area contributed by atoms with E-state index >= 15 is 0 Å². The van der Waals surface area contributed by atoms with Gasteiger partial charge in [0.05, 0.1) is 0 Å². The van der Waals surface area contributed by atoms with Crippen LogP contribution in [0.25, 0.3) is 0 Å². The second-order valence-corrected chi connectivity index (χ2v) is 6.06. The van der Waals surface area contributed by atoms with Crippen LogP contribution in [0.4, 0.5) is 5.69 Å². The predicted molar refractivity (Wildman–Crippen MR) is 100 cm³/mol. The first-order valence-corrected chi connectivity index (χ1v) is 8.41. The maximum atomic E-state index is 12.4. The second kappa shape index (κ2) is 7.78. The molecular weight excluding hydrogens is 346 g/mol. The summed E-state index contributed by atoms with van der Waals surface area (Å²) in [6.07, 6.45) is -0.468. The summed E-state index contributed by atoms with van der Waals surface area (Å²) in [5, 5.41) is 11.8. The van der Waals surface area contributed by atoms with Crippen LogP contribution in [0.3, 0.4) is 0 Å². The monoisotopic (exact) mass is 365 g/mol. The number of anilines is 1. The van der Waals surface area contributed by atoms with Crippen LogP contribution in [-0.4, -0.2) is 17.0 Å². The quantitative estimate of drug-likeness (QED) is 0.662. The maximum Gasteiger partial charge on any atom is 0.371 e. The molecule has 0 aliphatic rings. The Kier molecular flexibility index (Phi) is 5.26. The first-order valence-electron chi connectivity index (χ1n) is 8.41. The van der Waals surface area contributed by atoms with Crippen molar-refractivity contribution in [2.75, 3.05) is 5.32 Å². The maximum absolute atomic E-state index is 12.4. The SMILES string of the molecule is Cc1ccccc1NC(=O)c1ccc(OC(C)c2ccc(C(=O)O)o2)cc1. The van der Waals surface area contributed by atoms with E-state index in [1.165, 1.54) is 6.07 Å². The lowest BCUT2D eigenvalue weighted by atomic mass is 10.1. The predicted octanol–water partition coefficient (Wildman–Crippen LogP) is 4.68. The summed E-state index contributed by atoms with van der Waals surface area (Å²) >= 11 is 0. The van der Waals surface area contributed by atoms with Crippen LogP contribution in [0.5, 0.6) is 5.75 Å². The molecule has 138 valence electrons. The van der Waals surface area contributed by atoms with Gasteiger partial charge in [0.1, 0.15) is 11.5 Å². The highest BCUT2D eigenvalue weighted by molar-refractivity contribution is 6.04. The number of hydrogen-bond acceptors (Lipinski definition) is 4. The van der Waals surface area contributed by atoms with Crippen LogP contribution >= 0.6 is 0 Å². The number of ether oxygens (including phenoxy) is 1. The van der Waals surface area contributed by atoms with Crippen LogP contribution in [0, 0.1) is 6.92 Å². The van der Waals surface area contributed by atoms with Gasteiger partial charge < -0.3 is 19.6 Å². The topological polar surface area (TPSA) is 88.8 Å². The van der Waals surface area contributed by atoms with Crippen molar-refractivity contribution < 1.29 is 23.8 Å². The molecule has 1 heterocycles. The summed E-state index contributed by atoms with van der Waals surface area (Å²) in [6, 6.07) is 17.2. The van der Waals surface area contributed by atoms with Gasteiger partial charge in [-0.05, 0) is 61.9 Å². The number of para-hydroxylation sites is 1. The summed E-state index contributed by atoms with van der Waals surface area (Å²) in [6.45, 7) is 3.68. The summed E-state index contributed by atoms with van der Waals surface area (Å²) in [5.74, 6) is -0.515. The molecule has 0 bridgehead atoms. The van der Waals surface area contributed by atoms with Crippen molar-refractivity contribution in [2.45, 2.75) is 20.0 Å². The Bertz CT molecular complexity index is 959. The standard InChI is InChI=1S/C21H19NO5/c1-13-5-3-4-6-17(13)22-20(23)15-7-9-16(10-8-15)26-14(2)18-11-12-19(27-18)21(24)25/h3-12,14H,1-2H3,(H,22,23)(H,24,25). The van der Waals surface area contributed by atoms with Crippen molar-refractivity contribution in [3.05, 3.63) is 83.3 Å². The van der Waals surface area contributed by atoms with Gasteiger partial charge >= 0.3 is 5.97 Å². The summed E-state index contributed by atoms with van der Waals surface area (Å²) in [4.78, 5) is 23.2. The number of nitrogens with one attached hydrogen (secondary N) is 1. The molecule has 0 saturated heterocycles. The minimum atomic E-state index is -1.13. The fraction of sp³-hybridized carbons (Fsp3) is 0.143. The number of hydrogen-bond donors (Lipinski definition) is 2. The molecule has 1 amide bonds. The minimum Gasteiger partial charge on any atom is -0.483 e. The third kappa shape index (κ3) is 4.36. The molecule has 2 aromatic carbocycles. The van der Waals surface area contributed by atoms with Crippen molar-refractivity contribution in [3.8, 4) is 5.75 Å². The largest absolute Gasteiger partial charge is 0.483 e. The molecule has 0 spiro atoms. The van der Waals surface area contributed by atoms with Gasteiger partial charge in [0.15, 0.2) is 6.10 Å². The van der Waals surface area contributed by atoms with Crippen molar-refractivity contribution in [2.24, 2.45) is 0 Å². The first kappa shape index (κ1) is 18.3. The molecule has 1 unspecified atom stereocenters. The van der Waals surface area contributed by atoms with Crippen LogP contribution in [0.2, 0.25) is 0 Å². The zero-order chi connectivity index (χ0) is 19.4. The number of carboxylic acids is 1. The number of furan rings is 1. The molecule has 2 N–H and O–H groups in total. The van der Waals surface area contributed by atoms with Crippen LogP contribution in [0.15, 0.2) is 65.1 Å². The Morgan fingerprint density at radius 3 is 2.37 bits per heavy atom. The van der Waals surface area contributed by atoms with Crippen LogP contribution in [-0.2, 0) is 0 Å². The number of amides is 1. The van der Waals surface area contributed by atoms with Crippen LogP contribution in [0.1, 0.15) is 45.3 Å². The average molecular weight is 365 g/mol. The summed E-state index contributed by atoms with van der Waals surface area (Å²) in [5.41, 5.74) is 2.26. The van der Waals surface area contributed by atoms with Gasteiger partial charge in [-0.25, -0.2) is 4.79 Å². The summed E-state index contributed by atoms with van der Waals surface area (Å²) in [7, 11) is 0. The summed E-state index contributed by atoms with van der Waals surface area (Å²) < 4.78 is 11.0. The highest BCUT2D eigenvalue weighted by Crippen LogP contribution is 2.24. The minimum absolute atomic E-state index is 0.135. The fourth-order valence-electron chi connectivity index (χ4n) is 2.54. The zero-order valence-corrected chi connectivity index (χ0v) is 14.9. The Balaban J connectivity index is 1.65. The van der Waals surface area contributed by atoms with Crippen molar-refractivity contribution in [1.29, 1.82) is 0 Å². The van der Waals surface area contributed by atoms with Crippen LogP contribution < -0.4 is 10.1 Å². The van der Waals surface area contributed by atoms with E-state index in [2.05, 4.69) is 5.32 Å². The van der Waals surface area contributed by atoms with Gasteiger partial charge in [0.2, 0.25) is 5.76 Å². The molecule has 0 saturated carbocycles. The average Bonchev–Trinajstić information content (AvgIpc) is 3.15. The zero-order valence-electron chi connectivity index (χ0n) is 14.9. The van der Waals surface area contributed by atoms with E-state index in [9.17, 15) is 9.59 Å². The molecule has 1 atom stereocenters. The molecule has 0 radical (unpaired) electrons. The van der Waals surface area contributed by atoms with Gasteiger partial charge in [0, 0.05) is 11.3 Å². The van der Waals surface area contributed by atoms with Gasteiger partial charge in [0.25, 0.3) is 5.91 Å². The Hall–Kier alpha value is -3.54. The molecule has 1 aromatic heterocycles. The lowest BCUT2D eigenvalue weighted by Gasteiger charge is -2.13. The molecule has 6 nitrogen and oxygen atoms in total. The molecule has 27 heavy (non-hydrogen) atoms. The number of aryl methyl sites for hydroxylation is 1. The fourth-order valence-corrected chi connectivity index (χ4v) is 2.54. The Morgan fingerprint density at radius 2 is 1.74 bits per heavy atom. The van der Waals surface area contributed by atoms with E-state index in [-0.39, 0.29) is 11.7 Å². The van der Waals surface area contributed by atoms with Crippen molar-refractivity contribution >= 4 is 17.6 Å². The van der Waals surface area contributed by atoms with E-state index < -0.39 is 12.1 Å². The van der Waals surface area contributed by atoms with Crippen molar-refractivity contribution in [1.82, 2.24) is 0 Å². The van der Waals surface area contributed by atoms with E-state index in [0.29, 0.717) is 17.1 Å². The molecule has 6 heteroatoms. The third-order valence-corrected chi connectivity index (χ3v) is 4.06. The lowest BCUT2D eigenvalue weighted by molar-refractivity contribution is 0.0655. The highest BCUT2D eigenvalue weighted by atomic mass is 16.5. The number of carbonyl (C=O) groups is 2. The number of aromatic carboxylic acids is 1. The lowest BCUT2D eigenvalue weighted by Crippen LogP contribution is -2.12. The molecular formula is C21H19NO5. The van der Waals surface area contributed by atoms with Crippen molar-refractivity contribution in [3.63, 3.8) is 0 Å². The number of carboxylic acid groups (broad SMARTS) is 1. The number of benzene rings is 2.